The topological polar surface area (TPSA) is 195 Å². The highest BCUT2D eigenvalue weighted by molar-refractivity contribution is 8.00. The summed E-state index contributed by atoms with van der Waals surface area (Å²) in [6, 6.07) is 0.749. The molecule has 2 aliphatic heterocycles. The van der Waals surface area contributed by atoms with Gasteiger partial charge < -0.3 is 26.7 Å². The lowest BCUT2D eigenvalue weighted by atomic mass is 10.0. The van der Waals surface area contributed by atoms with Crippen molar-refractivity contribution in [3.63, 3.8) is 0 Å². The van der Waals surface area contributed by atoms with Crippen molar-refractivity contribution in [2.45, 2.75) is 18.0 Å². The van der Waals surface area contributed by atoms with E-state index in [1.165, 1.54) is 23.8 Å². The number of nitrogen functional groups attached to an aromatic ring is 2. The number of nitrogens with zero attached hydrogens (tertiary/aromatic N) is 6. The summed E-state index contributed by atoms with van der Waals surface area (Å²) >= 11 is 2.23. The van der Waals surface area contributed by atoms with Crippen LogP contribution in [0, 0.1) is 0 Å². The second-order valence-corrected chi connectivity index (χ2v) is 8.95. The molecule has 0 bridgehead atoms. The maximum Gasteiger partial charge on any atom is 0.352 e. The number of aromatic nitrogens is 4. The molecular weight excluding hydrogens is 474 g/mol. The molecule has 2 amide bonds. The van der Waals surface area contributed by atoms with Gasteiger partial charge in [-0.05, 0) is 0 Å². The molecular formula is C17H20N9O5S2+. The molecule has 0 saturated carbocycles. The number of nitrogens with one attached hydrogen (secondary N) is 1. The number of amides is 2. The summed E-state index contributed by atoms with van der Waals surface area (Å²) in [4.78, 5) is 47.5. The van der Waals surface area contributed by atoms with Crippen LogP contribution >= 0.6 is 23.3 Å². The Morgan fingerprint density at radius 2 is 2.21 bits per heavy atom. The fraction of sp³-hybridized carbons (Fsp3) is 0.353. The van der Waals surface area contributed by atoms with Crippen LogP contribution in [0.1, 0.15) is 5.82 Å². The second kappa shape index (κ2) is 8.70. The molecule has 174 valence electrons. The largest absolute Gasteiger partial charge is 0.477 e. The number of anilines is 2. The molecule has 1 fully saturated rings. The van der Waals surface area contributed by atoms with E-state index in [9.17, 15) is 19.5 Å². The van der Waals surface area contributed by atoms with Gasteiger partial charge in [-0.1, -0.05) is 5.16 Å². The maximum absolute atomic E-state index is 12.9. The highest BCUT2D eigenvalue weighted by Gasteiger charge is 2.55. The Hall–Kier alpha value is -3.66. The van der Waals surface area contributed by atoms with Gasteiger partial charge in [0.25, 0.3) is 11.8 Å². The zero-order valence-electron chi connectivity index (χ0n) is 17.5. The van der Waals surface area contributed by atoms with Gasteiger partial charge in [0, 0.05) is 22.9 Å². The van der Waals surface area contributed by atoms with Gasteiger partial charge in [0.2, 0.25) is 11.5 Å². The first-order valence-electron chi connectivity index (χ1n) is 9.45. The fourth-order valence-corrected chi connectivity index (χ4v) is 5.26. The van der Waals surface area contributed by atoms with E-state index in [1.807, 2.05) is 0 Å². The van der Waals surface area contributed by atoms with Gasteiger partial charge in [-0.25, -0.2) is 4.79 Å². The molecule has 0 radical (unpaired) electrons. The molecule has 1 saturated heterocycles. The van der Waals surface area contributed by atoms with Crippen LogP contribution in [0.3, 0.4) is 0 Å². The predicted octanol–water partition coefficient (Wildman–Crippen LogP) is -1.88. The van der Waals surface area contributed by atoms with Crippen molar-refractivity contribution in [3.05, 3.63) is 29.4 Å². The number of aliphatic carboxylic acids is 1. The number of fused-ring (bicyclic) bond motifs is 1. The average Bonchev–Trinajstić information content (AvgIpc) is 3.35. The van der Waals surface area contributed by atoms with E-state index in [-0.39, 0.29) is 28.9 Å². The van der Waals surface area contributed by atoms with Crippen LogP contribution in [0.25, 0.3) is 0 Å². The number of nitrogens with two attached hydrogens (primary N) is 2. The molecule has 14 nitrogen and oxygen atoms in total. The van der Waals surface area contributed by atoms with Crippen molar-refractivity contribution in [2.24, 2.45) is 12.2 Å². The van der Waals surface area contributed by atoms with Crippen LogP contribution in [-0.2, 0) is 32.8 Å². The summed E-state index contributed by atoms with van der Waals surface area (Å²) in [5, 5.41) is 15.6. The van der Waals surface area contributed by atoms with Gasteiger partial charge in [-0.2, -0.15) is 9.36 Å². The molecule has 33 heavy (non-hydrogen) atoms. The van der Waals surface area contributed by atoms with E-state index in [4.69, 9.17) is 16.3 Å². The van der Waals surface area contributed by atoms with Gasteiger partial charge in [0.1, 0.15) is 24.2 Å². The van der Waals surface area contributed by atoms with Crippen molar-refractivity contribution >= 4 is 57.7 Å². The van der Waals surface area contributed by atoms with Crippen LogP contribution in [0.15, 0.2) is 28.7 Å². The van der Waals surface area contributed by atoms with E-state index >= 15 is 0 Å². The Bertz CT molecular complexity index is 1200. The van der Waals surface area contributed by atoms with Crippen LogP contribution in [0.2, 0.25) is 0 Å². The summed E-state index contributed by atoms with van der Waals surface area (Å²) in [7, 11) is 3.00. The van der Waals surface area contributed by atoms with Gasteiger partial charge in [-0.3, -0.25) is 14.5 Å². The van der Waals surface area contributed by atoms with Gasteiger partial charge in [0.15, 0.2) is 23.7 Å². The molecule has 4 rings (SSSR count). The van der Waals surface area contributed by atoms with Crippen LogP contribution in [-0.4, -0.2) is 71.8 Å². The Morgan fingerprint density at radius 1 is 1.45 bits per heavy atom. The van der Waals surface area contributed by atoms with E-state index in [0.717, 1.165) is 11.5 Å². The summed E-state index contributed by atoms with van der Waals surface area (Å²) < 4.78 is 7.37. The molecule has 0 aliphatic carbocycles. The smallest absolute Gasteiger partial charge is 0.352 e. The van der Waals surface area contributed by atoms with Crippen molar-refractivity contribution in [1.29, 1.82) is 0 Å². The highest BCUT2D eigenvalue weighted by Crippen LogP contribution is 2.40. The molecule has 2 aromatic rings. The first-order chi connectivity index (χ1) is 15.7. The molecule has 2 aliphatic rings. The molecule has 4 heterocycles. The Labute approximate surface area is 195 Å². The quantitative estimate of drug-likeness (QED) is 0.146. The summed E-state index contributed by atoms with van der Waals surface area (Å²) in [6.07, 6.45) is 1.73. The number of oxime groups is 1. The number of carbonyl (C=O) groups excluding carboxylic acids is 2. The summed E-state index contributed by atoms with van der Waals surface area (Å²) in [6.45, 7) is 0.247. The molecule has 2 atom stereocenters. The standard InChI is InChI=1S/C17H19N9O5S2/c1-24-8(18)3-4-25(24)5-7-6-32-15-10(14(28)26(15)11(7)16(29)30)20-13(27)9(22-31-2)12-21-17(19)33-23-12/h3-4,10,15,18H,5-6H2,1-2H3,(H4,19,20,21,23,27,29,30)/p+1/t10-,15-/m1/s1. The second-order valence-electron chi connectivity index (χ2n) is 7.06. The lowest BCUT2D eigenvalue weighted by Gasteiger charge is -2.49. The minimum atomic E-state index is -1.22. The lowest BCUT2D eigenvalue weighted by molar-refractivity contribution is -0.765. The summed E-state index contributed by atoms with van der Waals surface area (Å²) in [5.41, 5.74) is 11.6. The number of hydrogen-bond donors (Lipinski definition) is 4. The predicted molar refractivity (Wildman–Crippen MR) is 118 cm³/mol. The Morgan fingerprint density at radius 3 is 2.79 bits per heavy atom. The maximum atomic E-state index is 12.9. The zero-order valence-corrected chi connectivity index (χ0v) is 19.1. The monoisotopic (exact) mass is 494 g/mol. The number of carboxylic acid groups (broad SMARTS) is 1. The normalized spacial score (nSPS) is 20.4. The Kier molecular flexibility index (Phi) is 5.94. The van der Waals surface area contributed by atoms with E-state index in [2.05, 4.69) is 19.8 Å². The third-order valence-corrected chi connectivity index (χ3v) is 7.00. The van der Waals surface area contributed by atoms with Crippen molar-refractivity contribution in [1.82, 2.24) is 24.3 Å². The van der Waals surface area contributed by atoms with Gasteiger partial charge >= 0.3 is 5.97 Å². The van der Waals surface area contributed by atoms with E-state index in [1.54, 1.807) is 28.7 Å². The molecule has 0 spiro atoms. The number of thioether (sulfide) groups is 1. The molecule has 0 unspecified atom stereocenters. The third-order valence-electron chi connectivity index (χ3n) is 5.12. The summed E-state index contributed by atoms with van der Waals surface area (Å²) in [5.74, 6) is -1.68. The first kappa shape index (κ1) is 22.5. The number of carbonyl (C=O) groups is 3. The van der Waals surface area contributed by atoms with Crippen LogP contribution < -0.4 is 21.5 Å². The zero-order chi connectivity index (χ0) is 23.9. The number of rotatable bonds is 7. The fourth-order valence-electron chi connectivity index (χ4n) is 3.49. The SMILES string of the molecule is CON=C(C(=O)N[C@@H]1C(=O)N2C(C(=O)O)=C(C[n+]3ccc(N)n3C)CS[C@H]12)c1nsc(N)n1. The Balaban J connectivity index is 1.54. The highest BCUT2D eigenvalue weighted by atomic mass is 32.2. The average molecular weight is 495 g/mol. The van der Waals surface area contributed by atoms with Crippen molar-refractivity contribution in [3.8, 4) is 0 Å². The van der Waals surface area contributed by atoms with Crippen LogP contribution in [0.4, 0.5) is 10.9 Å². The van der Waals surface area contributed by atoms with E-state index < -0.39 is 29.2 Å². The molecule has 16 heteroatoms. The van der Waals surface area contributed by atoms with Gasteiger partial charge in [0.05, 0.1) is 13.1 Å². The molecule has 6 N–H and O–H groups in total. The third kappa shape index (κ3) is 3.97. The first-order valence-corrected chi connectivity index (χ1v) is 11.3. The van der Waals surface area contributed by atoms with Crippen LogP contribution in [0.5, 0.6) is 0 Å². The van der Waals surface area contributed by atoms with Crippen molar-refractivity contribution in [2.75, 3.05) is 24.3 Å². The van der Waals surface area contributed by atoms with Crippen molar-refractivity contribution < 1.29 is 29.0 Å². The minimum Gasteiger partial charge on any atom is -0.477 e. The molecule has 2 aromatic heterocycles. The van der Waals surface area contributed by atoms with Gasteiger partial charge in [-0.15, -0.1) is 21.1 Å². The van der Waals surface area contributed by atoms with E-state index in [0.29, 0.717) is 17.1 Å². The number of hydrogen-bond acceptors (Lipinski definition) is 11. The number of carboxylic acids is 1. The lowest BCUT2D eigenvalue weighted by Crippen LogP contribution is -2.71. The minimum absolute atomic E-state index is 0.0379. The molecule has 0 aromatic carbocycles. The number of β-lactam (4-membered cyclic amide) rings is 1.